The zero-order valence-corrected chi connectivity index (χ0v) is 8.31. The van der Waals surface area contributed by atoms with Gasteiger partial charge in [0.25, 0.3) is 0 Å². The Labute approximate surface area is 83.7 Å². The molecule has 4 nitrogen and oxygen atoms in total. The van der Waals surface area contributed by atoms with E-state index in [0.29, 0.717) is 12.0 Å². The highest BCUT2D eigenvalue weighted by molar-refractivity contribution is 5.32. The van der Waals surface area contributed by atoms with Crippen LogP contribution in [0.3, 0.4) is 0 Å². The first-order chi connectivity index (χ1) is 6.90. The second-order valence-corrected chi connectivity index (χ2v) is 3.63. The maximum atomic E-state index is 5.14. The molecule has 0 aliphatic heterocycles. The molecular weight excluding hydrogens is 178 g/mol. The fourth-order valence-electron chi connectivity index (χ4n) is 1.74. The van der Waals surface area contributed by atoms with E-state index in [1.54, 1.807) is 25.7 Å². The van der Waals surface area contributed by atoms with Crippen LogP contribution in [0.15, 0.2) is 18.6 Å². The largest absolute Gasteiger partial charge is 0.384 e. The number of anilines is 1. The summed E-state index contributed by atoms with van der Waals surface area (Å²) in [6.07, 6.45) is 7.57. The lowest BCUT2D eigenvalue weighted by Gasteiger charge is -2.36. The average molecular weight is 193 g/mol. The highest BCUT2D eigenvalue weighted by atomic mass is 16.5. The van der Waals surface area contributed by atoms with Crippen molar-refractivity contribution >= 4 is 5.82 Å². The van der Waals surface area contributed by atoms with Crippen LogP contribution in [0.1, 0.15) is 12.8 Å². The third-order valence-electron chi connectivity index (χ3n) is 2.69. The minimum atomic E-state index is 0.506. The molecule has 1 fully saturated rings. The van der Waals surface area contributed by atoms with Crippen molar-refractivity contribution in [3.8, 4) is 0 Å². The fraction of sp³-hybridized carbons (Fsp3) is 0.600. The molecule has 1 heterocycles. The van der Waals surface area contributed by atoms with Crippen molar-refractivity contribution in [1.29, 1.82) is 0 Å². The van der Waals surface area contributed by atoms with Gasteiger partial charge in [0.2, 0.25) is 0 Å². The van der Waals surface area contributed by atoms with Gasteiger partial charge in [-0.1, -0.05) is 0 Å². The Morgan fingerprint density at radius 1 is 1.50 bits per heavy atom. The Morgan fingerprint density at radius 3 is 3.00 bits per heavy atom. The molecule has 0 spiro atoms. The first kappa shape index (κ1) is 9.40. The van der Waals surface area contributed by atoms with Crippen molar-refractivity contribution in [3.63, 3.8) is 0 Å². The van der Waals surface area contributed by atoms with Gasteiger partial charge in [-0.2, -0.15) is 0 Å². The molecule has 14 heavy (non-hydrogen) atoms. The number of aromatic nitrogens is 2. The molecule has 0 amide bonds. The molecule has 0 saturated heterocycles. The van der Waals surface area contributed by atoms with Gasteiger partial charge in [0.15, 0.2) is 0 Å². The monoisotopic (exact) mass is 193 g/mol. The summed E-state index contributed by atoms with van der Waals surface area (Å²) in [6, 6.07) is 0.506. The van der Waals surface area contributed by atoms with Crippen molar-refractivity contribution < 1.29 is 4.74 Å². The summed E-state index contributed by atoms with van der Waals surface area (Å²) in [6.45, 7) is 0.831. The molecule has 1 aliphatic rings. The summed E-state index contributed by atoms with van der Waals surface area (Å²) in [7, 11) is 1.75. The number of nitrogens with one attached hydrogen (secondary N) is 1. The Hall–Kier alpha value is -1.16. The Balaban J connectivity index is 1.86. The van der Waals surface area contributed by atoms with Crippen molar-refractivity contribution in [1.82, 2.24) is 9.97 Å². The van der Waals surface area contributed by atoms with Crippen LogP contribution in [0.2, 0.25) is 0 Å². The van der Waals surface area contributed by atoms with Crippen LogP contribution in [0, 0.1) is 5.92 Å². The molecular formula is C10H15N3O. The van der Waals surface area contributed by atoms with Crippen LogP contribution in [-0.2, 0) is 4.74 Å². The fourth-order valence-corrected chi connectivity index (χ4v) is 1.74. The summed E-state index contributed by atoms with van der Waals surface area (Å²) in [4.78, 5) is 8.19. The van der Waals surface area contributed by atoms with Crippen molar-refractivity contribution in [3.05, 3.63) is 18.6 Å². The predicted octanol–water partition coefficient (Wildman–Crippen LogP) is 1.31. The second-order valence-electron chi connectivity index (χ2n) is 3.63. The molecule has 1 aromatic heterocycles. The Bertz CT molecular complexity index is 278. The van der Waals surface area contributed by atoms with Crippen LogP contribution in [0.5, 0.6) is 0 Å². The molecule has 1 N–H and O–H groups in total. The van der Waals surface area contributed by atoms with Gasteiger partial charge in [-0.05, 0) is 12.8 Å². The third-order valence-corrected chi connectivity index (χ3v) is 2.69. The van der Waals surface area contributed by atoms with Gasteiger partial charge < -0.3 is 10.1 Å². The van der Waals surface area contributed by atoms with Gasteiger partial charge in [0, 0.05) is 31.5 Å². The lowest BCUT2D eigenvalue weighted by Crippen LogP contribution is -2.41. The SMILES string of the molecule is COC[C@H]1CC[C@@H]1Nc1cnccn1. The van der Waals surface area contributed by atoms with Crippen molar-refractivity contribution in [2.75, 3.05) is 19.0 Å². The highest BCUT2D eigenvalue weighted by Crippen LogP contribution is 2.29. The molecule has 0 aromatic carbocycles. The van der Waals surface area contributed by atoms with E-state index in [4.69, 9.17) is 4.74 Å². The maximum absolute atomic E-state index is 5.14. The number of hydrogen-bond acceptors (Lipinski definition) is 4. The van der Waals surface area contributed by atoms with Crippen molar-refractivity contribution in [2.45, 2.75) is 18.9 Å². The second kappa shape index (κ2) is 4.37. The molecule has 2 rings (SSSR count). The lowest BCUT2D eigenvalue weighted by molar-refractivity contribution is 0.101. The molecule has 1 aromatic rings. The molecule has 4 heteroatoms. The zero-order chi connectivity index (χ0) is 9.80. The molecule has 0 bridgehead atoms. The summed E-state index contributed by atoms with van der Waals surface area (Å²) < 4.78 is 5.14. The van der Waals surface area contributed by atoms with Gasteiger partial charge in [-0.15, -0.1) is 0 Å². The summed E-state index contributed by atoms with van der Waals surface area (Å²) in [5, 5.41) is 3.36. The quantitative estimate of drug-likeness (QED) is 0.783. The topological polar surface area (TPSA) is 47.0 Å². The van der Waals surface area contributed by atoms with Crippen LogP contribution >= 0.6 is 0 Å². The summed E-state index contributed by atoms with van der Waals surface area (Å²) in [5.74, 6) is 1.49. The molecule has 2 atom stereocenters. The van der Waals surface area contributed by atoms with E-state index in [-0.39, 0.29) is 0 Å². The van der Waals surface area contributed by atoms with E-state index < -0.39 is 0 Å². The summed E-state index contributed by atoms with van der Waals surface area (Å²) >= 11 is 0. The minimum Gasteiger partial charge on any atom is -0.384 e. The van der Waals surface area contributed by atoms with E-state index in [2.05, 4.69) is 15.3 Å². The number of ether oxygens (including phenoxy) is 1. The third kappa shape index (κ3) is 2.01. The van der Waals surface area contributed by atoms with Gasteiger partial charge in [0.05, 0.1) is 12.8 Å². The molecule has 76 valence electrons. The van der Waals surface area contributed by atoms with Crippen LogP contribution in [-0.4, -0.2) is 29.7 Å². The van der Waals surface area contributed by atoms with Gasteiger partial charge >= 0.3 is 0 Å². The Morgan fingerprint density at radius 2 is 2.43 bits per heavy atom. The summed E-state index contributed by atoms with van der Waals surface area (Å²) in [5.41, 5.74) is 0. The highest BCUT2D eigenvalue weighted by Gasteiger charge is 2.30. The van der Waals surface area contributed by atoms with E-state index in [9.17, 15) is 0 Å². The number of hydrogen-bond donors (Lipinski definition) is 1. The van der Waals surface area contributed by atoms with Crippen LogP contribution in [0.4, 0.5) is 5.82 Å². The van der Waals surface area contributed by atoms with E-state index in [0.717, 1.165) is 12.4 Å². The minimum absolute atomic E-state index is 0.506. The van der Waals surface area contributed by atoms with E-state index >= 15 is 0 Å². The average Bonchev–Trinajstić information content (AvgIpc) is 2.23. The maximum Gasteiger partial charge on any atom is 0.144 e. The number of rotatable bonds is 4. The molecule has 0 unspecified atom stereocenters. The number of methoxy groups -OCH3 is 1. The van der Waals surface area contributed by atoms with E-state index in [1.165, 1.54) is 12.8 Å². The van der Waals surface area contributed by atoms with Crippen molar-refractivity contribution in [2.24, 2.45) is 5.92 Å². The lowest BCUT2D eigenvalue weighted by atomic mass is 9.80. The predicted molar refractivity (Wildman–Crippen MR) is 54.0 cm³/mol. The zero-order valence-electron chi connectivity index (χ0n) is 8.31. The first-order valence-electron chi connectivity index (χ1n) is 4.91. The van der Waals surface area contributed by atoms with E-state index in [1.807, 2.05) is 0 Å². The van der Waals surface area contributed by atoms with Crippen LogP contribution < -0.4 is 5.32 Å². The molecule has 1 saturated carbocycles. The van der Waals surface area contributed by atoms with Gasteiger partial charge in [-0.3, -0.25) is 4.98 Å². The van der Waals surface area contributed by atoms with Crippen LogP contribution in [0.25, 0.3) is 0 Å². The van der Waals surface area contributed by atoms with Gasteiger partial charge in [-0.25, -0.2) is 4.98 Å². The Kier molecular flexibility index (Phi) is 2.93. The first-order valence-corrected chi connectivity index (χ1v) is 4.91. The molecule has 0 radical (unpaired) electrons. The smallest absolute Gasteiger partial charge is 0.144 e. The normalized spacial score (nSPS) is 25.5. The number of nitrogens with zero attached hydrogens (tertiary/aromatic N) is 2. The van der Waals surface area contributed by atoms with Gasteiger partial charge in [0.1, 0.15) is 5.82 Å². The molecule has 1 aliphatic carbocycles. The standard InChI is InChI=1S/C10H15N3O/c1-14-7-8-2-3-9(8)13-10-6-11-4-5-12-10/h4-6,8-9H,2-3,7H2,1H3,(H,12,13)/t8-,9+/m1/s1.